The maximum absolute atomic E-state index is 11.9. The fourth-order valence-electron chi connectivity index (χ4n) is 3.72. The normalized spacial score (nSPS) is 27.6. The molecule has 0 radical (unpaired) electrons. The Morgan fingerprint density at radius 3 is 2.60 bits per heavy atom. The van der Waals surface area contributed by atoms with Crippen LogP contribution in [0.2, 0.25) is 0 Å². The number of hydrogen-bond donors (Lipinski definition) is 3. The molecule has 140 valence electrons. The maximum atomic E-state index is 11.9. The van der Waals surface area contributed by atoms with Crippen LogP contribution in [0.4, 0.5) is 0 Å². The molecule has 0 unspecified atom stereocenters. The minimum absolute atomic E-state index is 0.0464. The van der Waals surface area contributed by atoms with Crippen LogP contribution in [0.15, 0.2) is 12.2 Å². The van der Waals surface area contributed by atoms with Crippen LogP contribution in [0.25, 0.3) is 0 Å². The van der Waals surface area contributed by atoms with Crippen molar-refractivity contribution in [3.63, 3.8) is 0 Å². The fraction of sp³-hybridized carbons (Fsp3) is 0.722. The molecule has 25 heavy (non-hydrogen) atoms. The average molecular weight is 368 g/mol. The molecule has 3 N–H and O–H groups in total. The highest BCUT2D eigenvalue weighted by Gasteiger charge is 2.47. The summed E-state index contributed by atoms with van der Waals surface area (Å²) in [5.41, 5.74) is 0. The van der Waals surface area contributed by atoms with Gasteiger partial charge in [0.05, 0.1) is 23.7 Å². The average Bonchev–Trinajstić information content (AvgIpc) is 3.15. The van der Waals surface area contributed by atoms with Gasteiger partial charge in [-0.3, -0.25) is 9.59 Å². The molecule has 2 aliphatic rings. The van der Waals surface area contributed by atoms with Crippen LogP contribution in [-0.2, 0) is 14.3 Å². The first kappa shape index (κ1) is 19.8. The first-order valence-corrected chi connectivity index (χ1v) is 9.41. The Hall–Kier alpha value is -1.47. The van der Waals surface area contributed by atoms with Gasteiger partial charge in [-0.25, -0.2) is 0 Å². The van der Waals surface area contributed by atoms with Crippen LogP contribution >= 0.6 is 12.2 Å². The molecule has 2 fully saturated rings. The SMILES string of the molecule is CC(=S)NCC(=O)NC[C@H]1[C@@H](C/C=C\CCCC(=O)O)[C@H]2CC[C@@H]1O2. The zero-order valence-corrected chi connectivity index (χ0v) is 15.5. The lowest BCUT2D eigenvalue weighted by molar-refractivity contribution is -0.137. The molecule has 7 heteroatoms. The van der Waals surface area contributed by atoms with E-state index >= 15 is 0 Å². The molecule has 6 nitrogen and oxygen atoms in total. The number of allylic oxidation sites excluding steroid dienone is 2. The van der Waals surface area contributed by atoms with E-state index in [0.29, 0.717) is 29.8 Å². The molecular weight excluding hydrogens is 340 g/mol. The fourth-order valence-corrected chi connectivity index (χ4v) is 3.79. The van der Waals surface area contributed by atoms with Gasteiger partial charge in [-0.2, -0.15) is 0 Å². The summed E-state index contributed by atoms with van der Waals surface area (Å²) in [7, 11) is 0. The van der Waals surface area contributed by atoms with E-state index in [4.69, 9.17) is 22.1 Å². The van der Waals surface area contributed by atoms with E-state index in [1.54, 1.807) is 6.92 Å². The summed E-state index contributed by atoms with van der Waals surface area (Å²) in [6.45, 7) is 2.60. The van der Waals surface area contributed by atoms with Crippen molar-refractivity contribution in [1.29, 1.82) is 0 Å². The molecule has 2 aliphatic heterocycles. The molecule has 0 aliphatic carbocycles. The highest BCUT2D eigenvalue weighted by atomic mass is 32.1. The smallest absolute Gasteiger partial charge is 0.303 e. The number of ether oxygens (including phenoxy) is 1. The van der Waals surface area contributed by atoms with E-state index in [1.165, 1.54) is 0 Å². The lowest BCUT2D eigenvalue weighted by Gasteiger charge is -2.27. The Morgan fingerprint density at radius 2 is 1.92 bits per heavy atom. The number of unbranched alkanes of at least 4 members (excludes halogenated alkanes) is 1. The summed E-state index contributed by atoms with van der Waals surface area (Å²) in [6.07, 6.45) is 9.51. The maximum Gasteiger partial charge on any atom is 0.303 e. The van der Waals surface area contributed by atoms with Crippen molar-refractivity contribution in [2.75, 3.05) is 13.1 Å². The molecular formula is C18H28N2O4S. The lowest BCUT2D eigenvalue weighted by Crippen LogP contribution is -2.41. The molecule has 0 spiro atoms. The molecule has 2 saturated heterocycles. The summed E-state index contributed by atoms with van der Waals surface area (Å²) in [5, 5.41) is 14.5. The first-order chi connectivity index (χ1) is 12.0. The summed E-state index contributed by atoms with van der Waals surface area (Å²) in [4.78, 5) is 23.0. The van der Waals surface area contributed by atoms with Crippen molar-refractivity contribution in [3.8, 4) is 0 Å². The topological polar surface area (TPSA) is 87.7 Å². The number of fused-ring (bicyclic) bond motifs is 2. The number of thiocarbonyl (C=S) groups is 1. The summed E-state index contributed by atoms with van der Waals surface area (Å²) in [5.74, 6) is -0.0195. The predicted octanol–water partition coefficient (Wildman–Crippen LogP) is 2.03. The van der Waals surface area contributed by atoms with Crippen molar-refractivity contribution >= 4 is 29.1 Å². The van der Waals surface area contributed by atoms with Crippen molar-refractivity contribution in [2.45, 2.75) is 57.7 Å². The van der Waals surface area contributed by atoms with E-state index in [0.717, 1.165) is 25.7 Å². The van der Waals surface area contributed by atoms with Gasteiger partial charge in [-0.05, 0) is 44.9 Å². The molecule has 1 amide bonds. The monoisotopic (exact) mass is 368 g/mol. The molecule has 2 rings (SSSR count). The molecule has 0 saturated carbocycles. The number of rotatable bonds is 10. The van der Waals surface area contributed by atoms with Gasteiger partial charge in [0.25, 0.3) is 0 Å². The standard InChI is InChI=1S/C18H28N2O4S/c1-12(25)19-11-17(21)20-10-14-13(15-8-9-16(14)24-15)6-4-2-3-5-7-18(22)23/h2,4,13-16H,3,5-11H2,1H3,(H,19,25)(H,20,21)(H,22,23)/b4-2-/t13-,14+,15-,16+/m1/s1. The van der Waals surface area contributed by atoms with E-state index in [9.17, 15) is 9.59 Å². The van der Waals surface area contributed by atoms with Crippen LogP contribution in [0, 0.1) is 11.8 Å². The summed E-state index contributed by atoms with van der Waals surface area (Å²) in [6, 6.07) is 0. The van der Waals surface area contributed by atoms with Gasteiger partial charge >= 0.3 is 5.97 Å². The van der Waals surface area contributed by atoms with Gasteiger partial charge in [-0.15, -0.1) is 0 Å². The Morgan fingerprint density at radius 1 is 1.20 bits per heavy atom. The molecule has 0 aromatic carbocycles. The van der Waals surface area contributed by atoms with E-state index in [-0.39, 0.29) is 31.1 Å². The van der Waals surface area contributed by atoms with Crippen LogP contribution in [0.1, 0.15) is 45.4 Å². The number of aliphatic carboxylic acids is 1. The van der Waals surface area contributed by atoms with E-state index < -0.39 is 5.97 Å². The van der Waals surface area contributed by atoms with Crippen molar-refractivity contribution < 1.29 is 19.4 Å². The van der Waals surface area contributed by atoms with Crippen LogP contribution in [0.5, 0.6) is 0 Å². The third-order valence-electron chi connectivity index (χ3n) is 4.96. The largest absolute Gasteiger partial charge is 0.481 e. The summed E-state index contributed by atoms with van der Waals surface area (Å²) >= 11 is 4.91. The molecule has 2 heterocycles. The molecule has 0 aromatic rings. The number of amides is 1. The lowest BCUT2D eigenvalue weighted by atomic mass is 9.77. The number of carbonyl (C=O) groups is 2. The van der Waals surface area contributed by atoms with Gasteiger partial charge in [0.2, 0.25) is 5.91 Å². The van der Waals surface area contributed by atoms with Gasteiger partial charge < -0.3 is 20.5 Å². The van der Waals surface area contributed by atoms with Gasteiger partial charge in [0, 0.05) is 18.9 Å². The van der Waals surface area contributed by atoms with Crippen molar-refractivity contribution in [3.05, 3.63) is 12.2 Å². The molecule has 0 aromatic heterocycles. The van der Waals surface area contributed by atoms with Crippen LogP contribution < -0.4 is 10.6 Å². The zero-order valence-electron chi connectivity index (χ0n) is 14.7. The number of hydrogen-bond acceptors (Lipinski definition) is 4. The zero-order chi connectivity index (χ0) is 18.2. The van der Waals surface area contributed by atoms with E-state index in [1.807, 2.05) is 0 Å². The third kappa shape index (κ3) is 6.40. The first-order valence-electron chi connectivity index (χ1n) is 9.00. The second-order valence-corrected chi connectivity index (χ2v) is 7.44. The highest BCUT2D eigenvalue weighted by Crippen LogP contribution is 2.44. The van der Waals surface area contributed by atoms with Gasteiger partial charge in [0.15, 0.2) is 0 Å². The Kier molecular flexibility index (Phi) is 7.84. The van der Waals surface area contributed by atoms with Crippen molar-refractivity contribution in [2.24, 2.45) is 11.8 Å². The Balaban J connectivity index is 1.74. The van der Waals surface area contributed by atoms with Gasteiger partial charge in [0.1, 0.15) is 0 Å². The van der Waals surface area contributed by atoms with Crippen molar-refractivity contribution in [1.82, 2.24) is 10.6 Å². The highest BCUT2D eigenvalue weighted by molar-refractivity contribution is 7.80. The van der Waals surface area contributed by atoms with Crippen LogP contribution in [-0.4, -0.2) is 47.3 Å². The number of nitrogens with one attached hydrogen (secondary N) is 2. The third-order valence-corrected chi connectivity index (χ3v) is 5.10. The molecule has 4 atom stereocenters. The van der Waals surface area contributed by atoms with Crippen LogP contribution in [0.3, 0.4) is 0 Å². The van der Waals surface area contributed by atoms with E-state index in [2.05, 4.69) is 22.8 Å². The quantitative estimate of drug-likeness (QED) is 0.311. The number of carboxylic acids is 1. The Bertz CT molecular complexity index is 523. The predicted molar refractivity (Wildman–Crippen MR) is 99.4 cm³/mol. The summed E-state index contributed by atoms with van der Waals surface area (Å²) < 4.78 is 6.04. The molecule has 2 bridgehead atoms. The number of carboxylic acid groups (broad SMARTS) is 1. The minimum Gasteiger partial charge on any atom is -0.481 e. The number of carbonyl (C=O) groups excluding carboxylic acids is 1. The second-order valence-electron chi connectivity index (χ2n) is 6.82. The Labute approximate surface area is 154 Å². The van der Waals surface area contributed by atoms with Gasteiger partial charge in [-0.1, -0.05) is 24.4 Å². The second kappa shape index (κ2) is 9.87. The minimum atomic E-state index is -0.746.